The number of benzene rings is 1. The minimum Gasteiger partial charge on any atom is -0.472 e. The monoisotopic (exact) mass is 509 g/mol. The van der Waals surface area contributed by atoms with Gasteiger partial charge in [0, 0.05) is 12.1 Å². The molecule has 3 rings (SSSR count). The Hall–Kier alpha value is -2.41. The van der Waals surface area contributed by atoms with E-state index in [0.717, 1.165) is 14.8 Å². The summed E-state index contributed by atoms with van der Waals surface area (Å²) in [4.78, 5) is 18.5. The number of aromatic nitrogens is 1. The summed E-state index contributed by atoms with van der Waals surface area (Å²) in [6, 6.07) is 8.15. The summed E-state index contributed by atoms with van der Waals surface area (Å²) in [5, 5.41) is 8.84. The predicted octanol–water partition coefficient (Wildman–Crippen LogP) is 4.57. The fourth-order valence-corrected chi connectivity index (χ4v) is 3.53. The Labute approximate surface area is 182 Å². The Balaban J connectivity index is 1.74. The zero-order chi connectivity index (χ0) is 21.2. The van der Waals surface area contributed by atoms with Gasteiger partial charge in [0.25, 0.3) is 0 Å². The highest BCUT2D eigenvalue weighted by Crippen LogP contribution is 2.27. The van der Waals surface area contributed by atoms with Crippen molar-refractivity contribution in [1.29, 1.82) is 5.26 Å². The van der Waals surface area contributed by atoms with Gasteiger partial charge in [-0.05, 0) is 73.5 Å². The van der Waals surface area contributed by atoms with Crippen LogP contribution in [0.1, 0.15) is 43.2 Å². The molecular weight excluding hydrogens is 488 g/mol. The smallest absolute Gasteiger partial charge is 0.410 e. The molecule has 0 saturated carbocycles. The molecule has 0 unspecified atom stereocenters. The largest absolute Gasteiger partial charge is 0.472 e. The molecule has 0 bridgehead atoms. The average molecular weight is 509 g/mol. The number of amides is 1. The van der Waals surface area contributed by atoms with E-state index in [-0.39, 0.29) is 18.3 Å². The third-order valence-electron chi connectivity index (χ3n) is 4.30. The number of hydrogen-bond donors (Lipinski definition) is 0. The first-order valence-electron chi connectivity index (χ1n) is 9.14. The molecule has 1 aromatic carbocycles. The summed E-state index contributed by atoms with van der Waals surface area (Å²) in [5.41, 5.74) is 1.85. The van der Waals surface area contributed by atoms with Crippen LogP contribution < -0.4 is 4.74 Å². The number of halogens is 2. The molecule has 2 aromatic rings. The molecule has 1 amide bonds. The lowest BCUT2D eigenvalue weighted by Crippen LogP contribution is -2.40. The van der Waals surface area contributed by atoms with Gasteiger partial charge in [0.2, 0.25) is 5.88 Å². The number of nitriles is 1. The maximum Gasteiger partial charge on any atom is 0.410 e. The summed E-state index contributed by atoms with van der Waals surface area (Å²) in [7, 11) is 0. The topological polar surface area (TPSA) is 75.4 Å². The van der Waals surface area contributed by atoms with Crippen LogP contribution in [0.5, 0.6) is 5.88 Å². The van der Waals surface area contributed by atoms with Crippen molar-refractivity contribution in [3.05, 3.63) is 56.0 Å². The molecule has 0 saturated heterocycles. The Kier molecular flexibility index (Phi) is 6.27. The van der Waals surface area contributed by atoms with Gasteiger partial charge in [0.15, 0.2) is 0 Å². The van der Waals surface area contributed by atoms with Crippen molar-refractivity contribution in [3.8, 4) is 11.9 Å². The number of ether oxygens (including phenoxy) is 2. The van der Waals surface area contributed by atoms with Gasteiger partial charge in [0.05, 0.1) is 27.4 Å². The number of carbonyl (C=O) groups excluding carboxylic acids is 1. The predicted molar refractivity (Wildman–Crippen MR) is 113 cm³/mol. The molecule has 152 valence electrons. The summed E-state index contributed by atoms with van der Waals surface area (Å²) >= 11 is 2.14. The lowest BCUT2D eigenvalue weighted by molar-refractivity contribution is 0.0220. The van der Waals surface area contributed by atoms with Crippen LogP contribution in [0.3, 0.4) is 0 Å². The first-order valence-corrected chi connectivity index (χ1v) is 10.2. The molecule has 1 aliphatic heterocycles. The number of fused-ring (bicyclic) bond motifs is 1. The Bertz CT molecular complexity index is 982. The second-order valence-electron chi connectivity index (χ2n) is 7.74. The summed E-state index contributed by atoms with van der Waals surface area (Å²) in [5.74, 6) is -0.104. The van der Waals surface area contributed by atoms with Crippen molar-refractivity contribution in [2.75, 3.05) is 6.54 Å². The van der Waals surface area contributed by atoms with E-state index < -0.39 is 11.4 Å². The van der Waals surface area contributed by atoms with Crippen LogP contribution in [0, 0.1) is 20.7 Å². The first-order chi connectivity index (χ1) is 13.7. The highest BCUT2D eigenvalue weighted by molar-refractivity contribution is 14.1. The highest BCUT2D eigenvalue weighted by atomic mass is 127. The van der Waals surface area contributed by atoms with Gasteiger partial charge in [-0.2, -0.15) is 5.26 Å². The zero-order valence-corrected chi connectivity index (χ0v) is 18.6. The molecule has 0 aliphatic carbocycles. The molecule has 2 heterocycles. The van der Waals surface area contributed by atoms with E-state index in [1.165, 1.54) is 12.1 Å². The van der Waals surface area contributed by atoms with Crippen LogP contribution in [0.15, 0.2) is 24.3 Å². The number of carbonyl (C=O) groups is 1. The van der Waals surface area contributed by atoms with Crippen molar-refractivity contribution in [2.45, 2.75) is 45.9 Å². The van der Waals surface area contributed by atoms with E-state index in [9.17, 15) is 9.18 Å². The Morgan fingerprint density at radius 3 is 2.79 bits per heavy atom. The Morgan fingerprint density at radius 2 is 2.14 bits per heavy atom. The maximum atomic E-state index is 14.1. The number of hydrogen-bond acceptors (Lipinski definition) is 5. The van der Waals surface area contributed by atoms with E-state index >= 15 is 0 Å². The first kappa shape index (κ1) is 21.3. The fourth-order valence-electron chi connectivity index (χ4n) is 2.88. The summed E-state index contributed by atoms with van der Waals surface area (Å²) in [6.45, 7) is 6.39. The van der Waals surface area contributed by atoms with Crippen LogP contribution in [0.25, 0.3) is 0 Å². The highest BCUT2D eigenvalue weighted by Gasteiger charge is 2.27. The van der Waals surface area contributed by atoms with Gasteiger partial charge in [-0.25, -0.2) is 14.2 Å². The standard InChI is InChI=1S/C21H21FIN3O3/c1-21(2,3)29-20(27)26-7-6-14-9-17(23)19(25-18(14)11-26)28-12-15-5-4-13(10-24)8-16(15)22/h4-5,8-9H,6-7,11-12H2,1-3H3. The van der Waals surface area contributed by atoms with Gasteiger partial charge in [-0.15, -0.1) is 0 Å². The van der Waals surface area contributed by atoms with Crippen LogP contribution in [0.2, 0.25) is 0 Å². The average Bonchev–Trinajstić information content (AvgIpc) is 2.65. The Morgan fingerprint density at radius 1 is 1.38 bits per heavy atom. The van der Waals surface area contributed by atoms with Crippen molar-refractivity contribution in [1.82, 2.24) is 9.88 Å². The van der Waals surface area contributed by atoms with Crippen molar-refractivity contribution < 1.29 is 18.7 Å². The third kappa shape index (κ3) is 5.35. The zero-order valence-electron chi connectivity index (χ0n) is 16.5. The number of pyridine rings is 1. The van der Waals surface area contributed by atoms with Crippen LogP contribution >= 0.6 is 22.6 Å². The number of rotatable bonds is 3. The van der Waals surface area contributed by atoms with Crippen LogP contribution in [-0.4, -0.2) is 28.1 Å². The van der Waals surface area contributed by atoms with E-state index in [0.29, 0.717) is 31.0 Å². The summed E-state index contributed by atoms with van der Waals surface area (Å²) < 4.78 is 26.1. The molecule has 1 aliphatic rings. The van der Waals surface area contributed by atoms with E-state index in [1.54, 1.807) is 11.0 Å². The van der Waals surface area contributed by atoms with Crippen LogP contribution in [0.4, 0.5) is 9.18 Å². The van der Waals surface area contributed by atoms with Crippen molar-refractivity contribution in [2.24, 2.45) is 0 Å². The molecule has 0 radical (unpaired) electrons. The normalized spacial score (nSPS) is 13.4. The van der Waals surface area contributed by atoms with Gasteiger partial charge < -0.3 is 14.4 Å². The molecule has 1 aromatic heterocycles. The third-order valence-corrected chi connectivity index (χ3v) is 5.08. The van der Waals surface area contributed by atoms with E-state index in [2.05, 4.69) is 27.6 Å². The quantitative estimate of drug-likeness (QED) is 0.567. The van der Waals surface area contributed by atoms with Crippen molar-refractivity contribution >= 4 is 28.7 Å². The molecule has 0 fully saturated rings. The summed E-state index contributed by atoms with van der Waals surface area (Å²) in [6.07, 6.45) is 0.313. The second-order valence-corrected chi connectivity index (χ2v) is 8.90. The minimum atomic E-state index is -0.559. The maximum absolute atomic E-state index is 14.1. The van der Waals surface area contributed by atoms with E-state index in [4.69, 9.17) is 14.7 Å². The van der Waals surface area contributed by atoms with Gasteiger partial charge >= 0.3 is 6.09 Å². The van der Waals surface area contributed by atoms with E-state index in [1.807, 2.05) is 32.9 Å². The van der Waals surface area contributed by atoms with Crippen LogP contribution in [-0.2, 0) is 24.3 Å². The lowest BCUT2D eigenvalue weighted by Gasteiger charge is -2.31. The van der Waals surface area contributed by atoms with Crippen molar-refractivity contribution in [3.63, 3.8) is 0 Å². The molecule has 0 N–H and O–H groups in total. The molecule has 0 atom stereocenters. The van der Waals surface area contributed by atoms with Gasteiger partial charge in [-0.1, -0.05) is 6.07 Å². The molecule has 8 heteroatoms. The van der Waals surface area contributed by atoms with Gasteiger partial charge in [0.1, 0.15) is 18.0 Å². The molecule has 29 heavy (non-hydrogen) atoms. The molecular formula is C21H21FIN3O3. The number of nitrogens with zero attached hydrogens (tertiary/aromatic N) is 3. The van der Waals surface area contributed by atoms with Gasteiger partial charge in [-0.3, -0.25) is 0 Å². The minimum absolute atomic E-state index is 0.00485. The molecule has 6 nitrogen and oxygen atoms in total. The molecule has 0 spiro atoms. The SMILES string of the molecule is CC(C)(C)OC(=O)N1CCc2cc(I)c(OCc3ccc(C#N)cc3F)nc2C1. The fraction of sp³-hybridized carbons (Fsp3) is 0.381. The lowest BCUT2D eigenvalue weighted by atomic mass is 10.1. The second kappa shape index (κ2) is 8.53.